The van der Waals surface area contributed by atoms with Gasteiger partial charge in [-0.15, -0.1) is 11.8 Å². The summed E-state index contributed by atoms with van der Waals surface area (Å²) < 4.78 is 42.2. The van der Waals surface area contributed by atoms with Crippen LogP contribution >= 0.6 is 11.8 Å². The van der Waals surface area contributed by atoms with E-state index in [0.29, 0.717) is 23.7 Å². The second kappa shape index (κ2) is 9.17. The van der Waals surface area contributed by atoms with Gasteiger partial charge in [-0.05, 0) is 31.5 Å². The molecule has 1 unspecified atom stereocenters. The number of halogens is 3. The minimum absolute atomic E-state index is 0.0335. The van der Waals surface area contributed by atoms with Gasteiger partial charge in [0.25, 0.3) is 0 Å². The van der Waals surface area contributed by atoms with Gasteiger partial charge < -0.3 is 15.8 Å². The summed E-state index contributed by atoms with van der Waals surface area (Å²) in [6.07, 6.45) is -2.54. The van der Waals surface area contributed by atoms with Crippen molar-refractivity contribution in [3.8, 4) is 0 Å². The third kappa shape index (κ3) is 7.59. The van der Waals surface area contributed by atoms with E-state index in [1.807, 2.05) is 0 Å². The first-order valence-electron chi connectivity index (χ1n) is 6.70. The number of nitrogens with two attached hydrogens (primary N) is 1. The second-order valence-corrected chi connectivity index (χ2v) is 5.64. The Morgan fingerprint density at radius 1 is 1.33 bits per heavy atom. The van der Waals surface area contributed by atoms with Crippen molar-refractivity contribution < 1.29 is 17.9 Å². The maximum absolute atomic E-state index is 12.3. The van der Waals surface area contributed by atoms with Crippen molar-refractivity contribution in [2.45, 2.75) is 30.0 Å². The fraction of sp³-hybridized carbons (Fsp3) is 0.571. The van der Waals surface area contributed by atoms with Gasteiger partial charge >= 0.3 is 6.18 Å². The van der Waals surface area contributed by atoms with Crippen LogP contribution in [0.25, 0.3) is 0 Å². The predicted octanol–water partition coefficient (Wildman–Crippen LogP) is 3.51. The van der Waals surface area contributed by atoms with E-state index in [1.165, 1.54) is 0 Å². The minimum atomic E-state index is -4.18. The highest BCUT2D eigenvalue weighted by Gasteiger charge is 2.27. The van der Waals surface area contributed by atoms with Gasteiger partial charge in [-0.3, -0.25) is 0 Å². The van der Waals surface area contributed by atoms with Crippen LogP contribution in [-0.2, 0) is 4.74 Å². The normalized spacial score (nSPS) is 13.2. The molecule has 3 nitrogen and oxygen atoms in total. The number of hydrogen-bond donors (Lipinski definition) is 2. The van der Waals surface area contributed by atoms with Crippen LogP contribution in [0.2, 0.25) is 0 Å². The van der Waals surface area contributed by atoms with Crippen molar-refractivity contribution in [2.24, 2.45) is 5.73 Å². The van der Waals surface area contributed by atoms with Crippen LogP contribution in [0.5, 0.6) is 0 Å². The van der Waals surface area contributed by atoms with Crippen molar-refractivity contribution in [3.63, 3.8) is 0 Å². The molecule has 0 fully saturated rings. The molecule has 7 heteroatoms. The zero-order valence-electron chi connectivity index (χ0n) is 12.0. The van der Waals surface area contributed by atoms with E-state index in [1.54, 1.807) is 31.4 Å². The number of thioether (sulfide) groups is 1. The summed E-state index contributed by atoms with van der Waals surface area (Å²) in [4.78, 5) is 0.587. The number of para-hydroxylation sites is 1. The molecule has 120 valence electrons. The summed E-state index contributed by atoms with van der Waals surface area (Å²) in [7, 11) is 1.60. The molecule has 0 radical (unpaired) electrons. The number of anilines is 1. The maximum Gasteiger partial charge on any atom is 0.398 e. The smallest absolute Gasteiger partial charge is 0.383 e. The Morgan fingerprint density at radius 2 is 2.05 bits per heavy atom. The molecule has 0 bridgehead atoms. The van der Waals surface area contributed by atoms with E-state index in [2.05, 4.69) is 5.32 Å². The summed E-state index contributed by atoms with van der Waals surface area (Å²) >= 11 is 0.785. The lowest BCUT2D eigenvalue weighted by atomic mass is 10.1. The number of alkyl halides is 3. The molecule has 0 saturated heterocycles. The van der Waals surface area contributed by atoms with Gasteiger partial charge in [0.1, 0.15) is 0 Å². The molecule has 0 saturated carbocycles. The first-order chi connectivity index (χ1) is 9.96. The zero-order chi connectivity index (χ0) is 15.7. The molecule has 0 aromatic heterocycles. The molecule has 1 rings (SSSR count). The zero-order valence-corrected chi connectivity index (χ0v) is 12.8. The Kier molecular flexibility index (Phi) is 7.92. The second-order valence-electron chi connectivity index (χ2n) is 4.63. The van der Waals surface area contributed by atoms with Crippen molar-refractivity contribution in [1.82, 2.24) is 0 Å². The Balaban J connectivity index is 2.71. The van der Waals surface area contributed by atoms with Gasteiger partial charge in [-0.25, -0.2) is 0 Å². The van der Waals surface area contributed by atoms with E-state index in [0.717, 1.165) is 24.6 Å². The summed E-state index contributed by atoms with van der Waals surface area (Å²) in [5.74, 6) is -0.899. The quantitative estimate of drug-likeness (QED) is 0.683. The molecule has 0 heterocycles. The average molecular weight is 322 g/mol. The molecule has 0 aliphatic rings. The van der Waals surface area contributed by atoms with Crippen LogP contribution in [0, 0.1) is 0 Å². The van der Waals surface area contributed by atoms with Crippen molar-refractivity contribution in [1.29, 1.82) is 0 Å². The Hall–Kier alpha value is -0.920. The molecule has 3 N–H and O–H groups in total. The van der Waals surface area contributed by atoms with Crippen LogP contribution < -0.4 is 11.1 Å². The van der Waals surface area contributed by atoms with Gasteiger partial charge in [0.15, 0.2) is 0 Å². The Bertz CT molecular complexity index is 415. The standard InChI is InChI=1S/C14H21F3N2OS/c1-20-9-11(5-4-8-18)19-12-6-2-3-7-13(12)21-10-14(15,16)17/h2-3,6-7,11,19H,4-5,8-10,18H2,1H3. The third-order valence-corrected chi connectivity index (χ3v) is 3.90. The van der Waals surface area contributed by atoms with Gasteiger partial charge in [0, 0.05) is 23.7 Å². The fourth-order valence-electron chi connectivity index (χ4n) is 1.85. The summed E-state index contributed by atoms with van der Waals surface area (Å²) in [5.41, 5.74) is 6.19. The van der Waals surface area contributed by atoms with Crippen LogP contribution in [0.1, 0.15) is 12.8 Å². The molecule has 21 heavy (non-hydrogen) atoms. The number of benzene rings is 1. The lowest BCUT2D eigenvalue weighted by Crippen LogP contribution is -2.26. The van der Waals surface area contributed by atoms with Crippen LogP contribution in [0.15, 0.2) is 29.2 Å². The van der Waals surface area contributed by atoms with Crippen molar-refractivity contribution in [2.75, 3.05) is 31.3 Å². The van der Waals surface area contributed by atoms with Crippen LogP contribution in [0.4, 0.5) is 18.9 Å². The van der Waals surface area contributed by atoms with E-state index in [-0.39, 0.29) is 6.04 Å². The van der Waals surface area contributed by atoms with Gasteiger partial charge in [-0.1, -0.05) is 12.1 Å². The number of nitrogens with one attached hydrogen (secondary N) is 1. The minimum Gasteiger partial charge on any atom is -0.383 e. The largest absolute Gasteiger partial charge is 0.398 e. The average Bonchev–Trinajstić information content (AvgIpc) is 2.43. The van der Waals surface area contributed by atoms with Crippen LogP contribution in [-0.4, -0.2) is 38.2 Å². The summed E-state index contributed by atoms with van der Waals surface area (Å²) in [6.45, 7) is 1.06. The highest BCUT2D eigenvalue weighted by atomic mass is 32.2. The molecule has 0 aliphatic heterocycles. The first-order valence-corrected chi connectivity index (χ1v) is 7.69. The third-order valence-electron chi connectivity index (χ3n) is 2.76. The number of hydrogen-bond acceptors (Lipinski definition) is 4. The molecular weight excluding hydrogens is 301 g/mol. The number of ether oxygens (including phenoxy) is 1. The lowest BCUT2D eigenvalue weighted by molar-refractivity contribution is -0.105. The van der Waals surface area contributed by atoms with E-state index >= 15 is 0 Å². The van der Waals surface area contributed by atoms with Gasteiger partial charge in [0.05, 0.1) is 12.4 Å². The predicted molar refractivity (Wildman–Crippen MR) is 80.8 cm³/mol. The Labute approximate surface area is 127 Å². The van der Waals surface area contributed by atoms with E-state index in [9.17, 15) is 13.2 Å². The Morgan fingerprint density at radius 3 is 2.67 bits per heavy atom. The maximum atomic E-state index is 12.3. The summed E-state index contributed by atoms with van der Waals surface area (Å²) in [5, 5.41) is 3.25. The molecule has 0 spiro atoms. The molecule has 1 atom stereocenters. The van der Waals surface area contributed by atoms with E-state index < -0.39 is 11.9 Å². The SMILES string of the molecule is COCC(CCCN)Nc1ccccc1SCC(F)(F)F. The molecular formula is C14H21F3N2OS. The lowest BCUT2D eigenvalue weighted by Gasteiger charge is -2.21. The van der Waals surface area contributed by atoms with Crippen molar-refractivity contribution in [3.05, 3.63) is 24.3 Å². The molecule has 1 aromatic rings. The number of methoxy groups -OCH3 is 1. The fourth-order valence-corrected chi connectivity index (χ4v) is 2.63. The van der Waals surface area contributed by atoms with Crippen LogP contribution in [0.3, 0.4) is 0 Å². The van der Waals surface area contributed by atoms with Gasteiger partial charge in [0.2, 0.25) is 0 Å². The van der Waals surface area contributed by atoms with E-state index in [4.69, 9.17) is 10.5 Å². The highest BCUT2D eigenvalue weighted by Crippen LogP contribution is 2.32. The monoisotopic (exact) mass is 322 g/mol. The molecule has 0 amide bonds. The van der Waals surface area contributed by atoms with Crippen molar-refractivity contribution >= 4 is 17.4 Å². The molecule has 0 aliphatic carbocycles. The molecule has 1 aromatic carbocycles. The first kappa shape index (κ1) is 18.1. The topological polar surface area (TPSA) is 47.3 Å². The van der Waals surface area contributed by atoms with Gasteiger partial charge in [-0.2, -0.15) is 13.2 Å². The number of rotatable bonds is 9. The highest BCUT2D eigenvalue weighted by molar-refractivity contribution is 7.99. The summed E-state index contributed by atoms with van der Waals surface area (Å²) in [6, 6.07) is 7.03.